The molecule has 146 valence electrons. The van der Waals surface area contributed by atoms with E-state index >= 15 is 0 Å². The van der Waals surface area contributed by atoms with Gasteiger partial charge in [0.2, 0.25) is 0 Å². The Morgan fingerprint density at radius 2 is 1.61 bits per heavy atom. The van der Waals surface area contributed by atoms with Crippen LogP contribution < -0.4 is 10.6 Å². The first kappa shape index (κ1) is 21.4. The number of carbonyl (C=O) groups is 3. The Balaban J connectivity index is 2.30. The first-order valence-corrected chi connectivity index (χ1v) is 9.44. The summed E-state index contributed by atoms with van der Waals surface area (Å²) in [4.78, 5) is 36.7. The summed E-state index contributed by atoms with van der Waals surface area (Å²) in [6.07, 6.45) is 1.51. The Kier molecular flexibility index (Phi) is 7.52. The maximum atomic E-state index is 12.7. The Labute approximate surface area is 171 Å². The number of hydrogen-bond donors (Lipinski definition) is 3. The Bertz CT molecular complexity index is 877. The number of carboxylic acids is 1. The minimum atomic E-state index is -1.14. The largest absolute Gasteiger partial charge is 0.480 e. The third-order valence-electron chi connectivity index (χ3n) is 3.93. The lowest BCUT2D eigenvalue weighted by molar-refractivity contribution is -0.142. The van der Waals surface area contributed by atoms with Gasteiger partial charge in [0, 0.05) is 10.0 Å². The molecule has 0 saturated carbocycles. The summed E-state index contributed by atoms with van der Waals surface area (Å²) in [5.74, 6) is -2.60. The molecule has 0 saturated heterocycles. The van der Waals surface area contributed by atoms with Crippen LogP contribution >= 0.6 is 15.9 Å². The number of carbonyl (C=O) groups excluding carboxylic acids is 2. The molecule has 0 unspecified atom stereocenters. The molecule has 0 radical (unpaired) electrons. The predicted molar refractivity (Wildman–Crippen MR) is 110 cm³/mol. The third kappa shape index (κ3) is 6.06. The predicted octanol–water partition coefficient (Wildman–Crippen LogP) is 3.45. The van der Waals surface area contributed by atoms with Gasteiger partial charge in [-0.05, 0) is 41.8 Å². The van der Waals surface area contributed by atoms with E-state index in [0.717, 1.165) is 4.47 Å². The standard InChI is InChI=1S/C21H21BrN2O4/c1-13(2)18(21(27)28)24-20(26)17(12-14-6-4-3-5-7-14)23-19(25)15-8-10-16(22)11-9-15/h3-13,18H,1-2H3,(H,23,25)(H,24,26)(H,27,28)/b17-12-/t18-/m1/s1. The fraction of sp³-hybridized carbons (Fsp3) is 0.190. The number of halogens is 1. The number of aliphatic carboxylic acids is 1. The van der Waals surface area contributed by atoms with Crippen molar-refractivity contribution in [3.8, 4) is 0 Å². The van der Waals surface area contributed by atoms with E-state index in [0.29, 0.717) is 11.1 Å². The van der Waals surface area contributed by atoms with Crippen LogP contribution in [0.3, 0.4) is 0 Å². The van der Waals surface area contributed by atoms with Crippen LogP contribution in [0.4, 0.5) is 0 Å². The van der Waals surface area contributed by atoms with E-state index in [1.807, 2.05) is 6.07 Å². The molecule has 2 rings (SSSR count). The fourth-order valence-electron chi connectivity index (χ4n) is 2.40. The molecule has 2 aromatic carbocycles. The van der Waals surface area contributed by atoms with E-state index in [2.05, 4.69) is 26.6 Å². The van der Waals surface area contributed by atoms with Gasteiger partial charge in [-0.15, -0.1) is 0 Å². The van der Waals surface area contributed by atoms with E-state index in [1.165, 1.54) is 6.08 Å². The molecule has 1 atom stereocenters. The van der Waals surface area contributed by atoms with Crippen LogP contribution in [0.5, 0.6) is 0 Å². The van der Waals surface area contributed by atoms with Crippen molar-refractivity contribution < 1.29 is 19.5 Å². The molecular weight excluding hydrogens is 424 g/mol. The maximum absolute atomic E-state index is 12.7. The lowest BCUT2D eigenvalue weighted by Gasteiger charge is -2.19. The molecule has 28 heavy (non-hydrogen) atoms. The summed E-state index contributed by atoms with van der Waals surface area (Å²) in [5, 5.41) is 14.4. The molecule has 0 bridgehead atoms. The van der Waals surface area contributed by atoms with Gasteiger partial charge in [-0.2, -0.15) is 0 Å². The molecular formula is C21H21BrN2O4. The van der Waals surface area contributed by atoms with E-state index in [-0.39, 0.29) is 11.6 Å². The topological polar surface area (TPSA) is 95.5 Å². The second-order valence-electron chi connectivity index (χ2n) is 6.46. The number of benzene rings is 2. The highest BCUT2D eigenvalue weighted by atomic mass is 79.9. The van der Waals surface area contributed by atoms with Gasteiger partial charge in [0.1, 0.15) is 11.7 Å². The highest BCUT2D eigenvalue weighted by Crippen LogP contribution is 2.12. The zero-order chi connectivity index (χ0) is 20.7. The molecule has 0 heterocycles. The van der Waals surface area contributed by atoms with Crippen LogP contribution in [0.2, 0.25) is 0 Å². The molecule has 0 aliphatic carbocycles. The SMILES string of the molecule is CC(C)[C@@H](NC(=O)/C(=C/c1ccccc1)NC(=O)c1ccc(Br)cc1)C(=O)O. The van der Waals surface area contributed by atoms with Gasteiger partial charge in [-0.3, -0.25) is 9.59 Å². The molecule has 2 amide bonds. The summed E-state index contributed by atoms with van der Waals surface area (Å²) in [6, 6.07) is 14.6. The van der Waals surface area contributed by atoms with Gasteiger partial charge >= 0.3 is 5.97 Å². The monoisotopic (exact) mass is 444 g/mol. The Morgan fingerprint density at radius 1 is 1.00 bits per heavy atom. The molecule has 0 fully saturated rings. The van der Waals surface area contributed by atoms with E-state index in [1.54, 1.807) is 62.4 Å². The zero-order valence-electron chi connectivity index (χ0n) is 15.5. The van der Waals surface area contributed by atoms with Crippen molar-refractivity contribution in [2.75, 3.05) is 0 Å². The minimum Gasteiger partial charge on any atom is -0.480 e. The van der Waals surface area contributed by atoms with E-state index in [4.69, 9.17) is 0 Å². The van der Waals surface area contributed by atoms with Crippen molar-refractivity contribution in [2.24, 2.45) is 5.92 Å². The average molecular weight is 445 g/mol. The minimum absolute atomic E-state index is 0.0361. The number of amides is 2. The number of nitrogens with one attached hydrogen (secondary N) is 2. The summed E-state index contributed by atoms with van der Waals surface area (Å²) in [6.45, 7) is 3.39. The quantitative estimate of drug-likeness (QED) is 0.569. The van der Waals surface area contributed by atoms with Crippen molar-refractivity contribution in [3.05, 3.63) is 75.9 Å². The first-order valence-electron chi connectivity index (χ1n) is 8.65. The van der Waals surface area contributed by atoms with Crippen LogP contribution in [-0.2, 0) is 9.59 Å². The molecule has 0 aliphatic heterocycles. The van der Waals surface area contributed by atoms with Gasteiger partial charge < -0.3 is 15.7 Å². The van der Waals surface area contributed by atoms with E-state index in [9.17, 15) is 19.5 Å². The van der Waals surface area contributed by atoms with Gasteiger partial charge in [-0.25, -0.2) is 4.79 Å². The Hall–Kier alpha value is -2.93. The second-order valence-corrected chi connectivity index (χ2v) is 7.38. The average Bonchev–Trinajstić information content (AvgIpc) is 2.66. The third-order valence-corrected chi connectivity index (χ3v) is 4.46. The summed E-state index contributed by atoms with van der Waals surface area (Å²) in [5.41, 5.74) is 1.03. The summed E-state index contributed by atoms with van der Waals surface area (Å²) in [7, 11) is 0. The fourth-order valence-corrected chi connectivity index (χ4v) is 2.67. The number of carboxylic acid groups (broad SMARTS) is 1. The number of hydrogen-bond acceptors (Lipinski definition) is 3. The normalized spacial score (nSPS) is 12.4. The van der Waals surface area contributed by atoms with Crippen LogP contribution in [0.25, 0.3) is 6.08 Å². The van der Waals surface area contributed by atoms with Crippen molar-refractivity contribution in [1.29, 1.82) is 0 Å². The van der Waals surface area contributed by atoms with Crippen molar-refractivity contribution in [1.82, 2.24) is 10.6 Å². The molecule has 2 aromatic rings. The maximum Gasteiger partial charge on any atom is 0.326 e. The van der Waals surface area contributed by atoms with Gasteiger partial charge in [0.15, 0.2) is 0 Å². The first-order chi connectivity index (χ1) is 13.3. The Morgan fingerprint density at radius 3 is 2.14 bits per heavy atom. The molecule has 0 spiro atoms. The van der Waals surface area contributed by atoms with Gasteiger partial charge in [-0.1, -0.05) is 60.1 Å². The second kappa shape index (κ2) is 9.85. The molecule has 7 heteroatoms. The molecule has 3 N–H and O–H groups in total. The molecule has 0 aliphatic rings. The molecule has 6 nitrogen and oxygen atoms in total. The highest BCUT2D eigenvalue weighted by molar-refractivity contribution is 9.10. The van der Waals surface area contributed by atoms with Crippen LogP contribution in [0, 0.1) is 5.92 Å². The van der Waals surface area contributed by atoms with Gasteiger partial charge in [0.05, 0.1) is 0 Å². The van der Waals surface area contributed by atoms with Crippen LogP contribution in [0.15, 0.2) is 64.8 Å². The molecule has 0 aromatic heterocycles. The smallest absolute Gasteiger partial charge is 0.326 e. The van der Waals surface area contributed by atoms with Gasteiger partial charge in [0.25, 0.3) is 11.8 Å². The highest BCUT2D eigenvalue weighted by Gasteiger charge is 2.25. The summed E-state index contributed by atoms with van der Waals surface area (Å²) >= 11 is 3.30. The van der Waals surface area contributed by atoms with Crippen LogP contribution in [0.1, 0.15) is 29.8 Å². The lowest BCUT2D eigenvalue weighted by atomic mass is 10.0. The summed E-state index contributed by atoms with van der Waals surface area (Å²) < 4.78 is 0.822. The van der Waals surface area contributed by atoms with E-state index < -0.39 is 23.8 Å². The van der Waals surface area contributed by atoms with Crippen LogP contribution in [-0.4, -0.2) is 28.9 Å². The van der Waals surface area contributed by atoms with Crippen molar-refractivity contribution in [3.63, 3.8) is 0 Å². The zero-order valence-corrected chi connectivity index (χ0v) is 17.1. The van der Waals surface area contributed by atoms with Crippen molar-refractivity contribution >= 4 is 39.8 Å². The van der Waals surface area contributed by atoms with Crippen molar-refractivity contribution in [2.45, 2.75) is 19.9 Å². The number of rotatable bonds is 7. The lowest BCUT2D eigenvalue weighted by Crippen LogP contribution is -2.47.